The molecule has 0 atom stereocenters. The first-order chi connectivity index (χ1) is 7.29. The molecule has 0 unspecified atom stereocenters. The van der Waals surface area contributed by atoms with Gasteiger partial charge in [0.2, 0.25) is 0 Å². The van der Waals surface area contributed by atoms with E-state index in [-0.39, 0.29) is 0 Å². The SMILES string of the molecule is Cc1nc(-c2ccc(CCCN)s2)cs1. The van der Waals surface area contributed by atoms with E-state index in [1.807, 2.05) is 18.3 Å². The minimum Gasteiger partial charge on any atom is -0.330 e. The fraction of sp³-hybridized carbons (Fsp3) is 0.364. The van der Waals surface area contributed by atoms with Crippen LogP contribution < -0.4 is 5.73 Å². The molecular weight excluding hydrogens is 224 g/mol. The molecule has 0 amide bonds. The highest BCUT2D eigenvalue weighted by atomic mass is 32.1. The van der Waals surface area contributed by atoms with E-state index >= 15 is 0 Å². The van der Waals surface area contributed by atoms with E-state index < -0.39 is 0 Å². The van der Waals surface area contributed by atoms with Crippen molar-refractivity contribution in [2.24, 2.45) is 5.73 Å². The van der Waals surface area contributed by atoms with Crippen molar-refractivity contribution in [2.75, 3.05) is 6.54 Å². The molecular formula is C11H14N2S2. The minimum absolute atomic E-state index is 0.767. The summed E-state index contributed by atoms with van der Waals surface area (Å²) in [6, 6.07) is 4.34. The van der Waals surface area contributed by atoms with Crippen LogP contribution in [0.3, 0.4) is 0 Å². The second-order valence-electron chi connectivity index (χ2n) is 3.41. The standard InChI is InChI=1S/C11H14N2S2/c1-8-13-10(7-14-8)11-5-4-9(15-11)3-2-6-12/h4-5,7H,2-3,6,12H2,1H3. The molecule has 15 heavy (non-hydrogen) atoms. The molecule has 2 heterocycles. The van der Waals surface area contributed by atoms with Crippen molar-refractivity contribution in [1.82, 2.24) is 4.98 Å². The Morgan fingerprint density at radius 1 is 1.40 bits per heavy atom. The third-order valence-corrected chi connectivity index (χ3v) is 4.10. The van der Waals surface area contributed by atoms with Crippen LogP contribution in [0.25, 0.3) is 10.6 Å². The van der Waals surface area contributed by atoms with E-state index in [1.54, 1.807) is 11.3 Å². The zero-order chi connectivity index (χ0) is 10.7. The lowest BCUT2D eigenvalue weighted by molar-refractivity contribution is 0.843. The predicted molar refractivity (Wildman–Crippen MR) is 67.5 cm³/mol. The van der Waals surface area contributed by atoms with Gasteiger partial charge < -0.3 is 5.73 Å². The molecule has 0 aliphatic carbocycles. The quantitative estimate of drug-likeness (QED) is 0.889. The van der Waals surface area contributed by atoms with Crippen molar-refractivity contribution < 1.29 is 0 Å². The van der Waals surface area contributed by atoms with Gasteiger partial charge in [-0.15, -0.1) is 22.7 Å². The first-order valence-corrected chi connectivity index (χ1v) is 6.70. The zero-order valence-electron chi connectivity index (χ0n) is 8.69. The molecule has 2 rings (SSSR count). The first kappa shape index (κ1) is 10.8. The molecule has 0 spiro atoms. The Labute approximate surface area is 97.8 Å². The number of thiophene rings is 1. The summed E-state index contributed by atoms with van der Waals surface area (Å²) in [4.78, 5) is 7.15. The van der Waals surface area contributed by atoms with Crippen LogP contribution in [0.15, 0.2) is 17.5 Å². The zero-order valence-corrected chi connectivity index (χ0v) is 10.3. The highest BCUT2D eigenvalue weighted by molar-refractivity contribution is 7.16. The summed E-state index contributed by atoms with van der Waals surface area (Å²) < 4.78 is 0. The summed E-state index contributed by atoms with van der Waals surface area (Å²) in [5.74, 6) is 0. The fourth-order valence-electron chi connectivity index (χ4n) is 1.40. The van der Waals surface area contributed by atoms with Gasteiger partial charge in [-0.05, 0) is 38.4 Å². The molecule has 2 nitrogen and oxygen atoms in total. The Morgan fingerprint density at radius 2 is 2.27 bits per heavy atom. The average Bonchev–Trinajstić information content (AvgIpc) is 2.83. The second-order valence-corrected chi connectivity index (χ2v) is 5.64. The van der Waals surface area contributed by atoms with Crippen molar-refractivity contribution in [3.63, 3.8) is 0 Å². The van der Waals surface area contributed by atoms with Crippen LogP contribution in [-0.4, -0.2) is 11.5 Å². The van der Waals surface area contributed by atoms with E-state index in [1.165, 1.54) is 9.75 Å². The van der Waals surface area contributed by atoms with Gasteiger partial charge in [0.25, 0.3) is 0 Å². The van der Waals surface area contributed by atoms with Gasteiger partial charge in [-0.1, -0.05) is 0 Å². The van der Waals surface area contributed by atoms with Gasteiger partial charge in [-0.25, -0.2) is 4.98 Å². The van der Waals surface area contributed by atoms with E-state index in [0.717, 1.165) is 30.1 Å². The molecule has 0 bridgehead atoms. The Hall–Kier alpha value is -0.710. The van der Waals surface area contributed by atoms with Gasteiger partial charge in [0.05, 0.1) is 15.6 Å². The maximum atomic E-state index is 5.49. The topological polar surface area (TPSA) is 38.9 Å². The minimum atomic E-state index is 0.767. The number of aryl methyl sites for hydroxylation is 2. The Bertz CT molecular complexity index is 431. The molecule has 80 valence electrons. The molecule has 0 saturated heterocycles. The third kappa shape index (κ3) is 2.65. The number of hydrogen-bond acceptors (Lipinski definition) is 4. The Balaban J connectivity index is 2.13. The highest BCUT2D eigenvalue weighted by Gasteiger charge is 2.05. The van der Waals surface area contributed by atoms with E-state index in [9.17, 15) is 0 Å². The maximum Gasteiger partial charge on any atom is 0.0914 e. The van der Waals surface area contributed by atoms with Crippen molar-refractivity contribution in [1.29, 1.82) is 0 Å². The lowest BCUT2D eigenvalue weighted by Crippen LogP contribution is -1.99. The summed E-state index contributed by atoms with van der Waals surface area (Å²) in [6.45, 7) is 2.81. The van der Waals surface area contributed by atoms with Gasteiger partial charge in [0, 0.05) is 10.3 Å². The van der Waals surface area contributed by atoms with Crippen LogP contribution in [0, 0.1) is 6.92 Å². The van der Waals surface area contributed by atoms with E-state index in [2.05, 4.69) is 22.5 Å². The monoisotopic (exact) mass is 238 g/mol. The van der Waals surface area contributed by atoms with Gasteiger partial charge in [0.15, 0.2) is 0 Å². The van der Waals surface area contributed by atoms with E-state index in [4.69, 9.17) is 5.73 Å². The number of hydrogen-bond donors (Lipinski definition) is 1. The van der Waals surface area contributed by atoms with Crippen LogP contribution in [0.1, 0.15) is 16.3 Å². The number of nitrogens with two attached hydrogens (primary N) is 1. The summed E-state index contributed by atoms with van der Waals surface area (Å²) in [5.41, 5.74) is 6.60. The van der Waals surface area contributed by atoms with Crippen LogP contribution in [-0.2, 0) is 6.42 Å². The van der Waals surface area contributed by atoms with E-state index in [0.29, 0.717) is 0 Å². The van der Waals surface area contributed by atoms with Crippen LogP contribution >= 0.6 is 22.7 Å². The van der Waals surface area contributed by atoms with Crippen molar-refractivity contribution in [2.45, 2.75) is 19.8 Å². The molecule has 2 N–H and O–H groups in total. The van der Waals surface area contributed by atoms with Crippen LogP contribution in [0.5, 0.6) is 0 Å². The van der Waals surface area contributed by atoms with Crippen molar-refractivity contribution in [3.05, 3.63) is 27.4 Å². The first-order valence-electron chi connectivity index (χ1n) is 5.01. The molecule has 4 heteroatoms. The number of thiazole rings is 1. The predicted octanol–water partition coefficient (Wildman–Crippen LogP) is 3.07. The smallest absolute Gasteiger partial charge is 0.0914 e. The summed E-state index contributed by atoms with van der Waals surface area (Å²) in [7, 11) is 0. The summed E-state index contributed by atoms with van der Waals surface area (Å²) >= 11 is 3.53. The molecule has 2 aromatic rings. The molecule has 0 aromatic carbocycles. The van der Waals surface area contributed by atoms with Crippen LogP contribution in [0.2, 0.25) is 0 Å². The Kier molecular flexibility index (Phi) is 3.51. The molecule has 0 saturated carbocycles. The summed E-state index contributed by atoms with van der Waals surface area (Å²) in [6.07, 6.45) is 2.15. The highest BCUT2D eigenvalue weighted by Crippen LogP contribution is 2.29. The molecule has 0 radical (unpaired) electrons. The van der Waals surface area contributed by atoms with Gasteiger partial charge in [-0.3, -0.25) is 0 Å². The number of nitrogens with zero attached hydrogens (tertiary/aromatic N) is 1. The maximum absolute atomic E-state index is 5.49. The number of rotatable bonds is 4. The number of aromatic nitrogens is 1. The lowest BCUT2D eigenvalue weighted by Gasteiger charge is -1.92. The normalized spacial score (nSPS) is 10.8. The van der Waals surface area contributed by atoms with Gasteiger partial charge in [0.1, 0.15) is 0 Å². The molecule has 0 aliphatic heterocycles. The second kappa shape index (κ2) is 4.88. The van der Waals surface area contributed by atoms with Gasteiger partial charge in [-0.2, -0.15) is 0 Å². The fourth-order valence-corrected chi connectivity index (χ4v) is 3.10. The Morgan fingerprint density at radius 3 is 2.93 bits per heavy atom. The average molecular weight is 238 g/mol. The largest absolute Gasteiger partial charge is 0.330 e. The molecule has 0 fully saturated rings. The van der Waals surface area contributed by atoms with Crippen LogP contribution in [0.4, 0.5) is 0 Å². The van der Waals surface area contributed by atoms with Gasteiger partial charge >= 0.3 is 0 Å². The van der Waals surface area contributed by atoms with Crippen molar-refractivity contribution in [3.8, 4) is 10.6 Å². The summed E-state index contributed by atoms with van der Waals surface area (Å²) in [5, 5.41) is 3.25. The lowest BCUT2D eigenvalue weighted by atomic mass is 10.2. The third-order valence-electron chi connectivity index (χ3n) is 2.16. The molecule has 0 aliphatic rings. The molecule has 2 aromatic heterocycles. The van der Waals surface area contributed by atoms with Crippen molar-refractivity contribution >= 4 is 22.7 Å².